The van der Waals surface area contributed by atoms with Gasteiger partial charge in [0.1, 0.15) is 29.5 Å². The first-order valence-corrected chi connectivity index (χ1v) is 16.2. The number of likely N-dealkylation sites (tertiary alicyclic amines) is 1. The van der Waals surface area contributed by atoms with Gasteiger partial charge in [0.25, 0.3) is 11.5 Å². The van der Waals surface area contributed by atoms with E-state index >= 15 is 0 Å². The molecule has 19 heteroatoms. The van der Waals surface area contributed by atoms with Gasteiger partial charge in [-0.05, 0) is 32.8 Å². The zero-order valence-electron chi connectivity index (χ0n) is 25.7. The number of aliphatic hydroxyl groups excluding tert-OH is 2. The summed E-state index contributed by atoms with van der Waals surface area (Å²) in [6.45, 7) is 4.32. The standard InChI is InChI=1S/C28H37N11O7S/c1-28(2)20(34-17-21(37-28)35-27(30)36-23(17)42)24(43)33-12-4-6-38(14(9-12)26(44)45)7-8-47-10-15-18(40)19(41)25(46-15)39-11-32-16-13(29)3-5-31-22(16)39/h3,5,11-12,14-15,18-19,25,40-41H,4,6-10H2,1-2H3,(H2,29,31)(H,33,43)(H,44,45)(H4,30,35,36,37,42)/t12?,14?,15-,18?,19+,25-/m1/s1. The number of H-pyrrole nitrogens is 1. The summed E-state index contributed by atoms with van der Waals surface area (Å²) < 4.78 is 7.56. The van der Waals surface area contributed by atoms with Crippen molar-refractivity contribution in [3.8, 4) is 0 Å². The van der Waals surface area contributed by atoms with Crippen LogP contribution in [0, 0.1) is 0 Å². The normalized spacial score (nSPS) is 27.2. The number of imidazole rings is 1. The molecule has 2 fully saturated rings. The number of nitrogen functional groups attached to an aromatic ring is 2. The lowest BCUT2D eigenvalue weighted by atomic mass is 9.93. The number of hydrogen-bond donors (Lipinski definition) is 8. The fourth-order valence-electron chi connectivity index (χ4n) is 6.16. The smallest absolute Gasteiger partial charge is 0.320 e. The van der Waals surface area contributed by atoms with E-state index in [1.165, 1.54) is 24.3 Å². The number of carboxylic acids is 1. The molecule has 2 saturated heterocycles. The Morgan fingerprint density at radius 1 is 1.23 bits per heavy atom. The second kappa shape index (κ2) is 12.7. The summed E-state index contributed by atoms with van der Waals surface area (Å²) in [4.78, 5) is 59.0. The highest BCUT2D eigenvalue weighted by Crippen LogP contribution is 2.34. The van der Waals surface area contributed by atoms with Gasteiger partial charge >= 0.3 is 5.97 Å². The molecule has 3 unspecified atom stereocenters. The van der Waals surface area contributed by atoms with Crippen molar-refractivity contribution in [1.82, 2.24) is 34.7 Å². The Bertz CT molecular complexity index is 1780. The molecule has 0 radical (unpaired) electrons. The average Bonchev–Trinajstić information content (AvgIpc) is 3.56. The molecule has 0 spiro atoms. The molecule has 0 saturated carbocycles. The van der Waals surface area contributed by atoms with Crippen LogP contribution in [0.2, 0.25) is 0 Å². The highest BCUT2D eigenvalue weighted by molar-refractivity contribution is 7.99. The van der Waals surface area contributed by atoms with Crippen LogP contribution < -0.4 is 27.7 Å². The number of ether oxygens (including phenoxy) is 1. The van der Waals surface area contributed by atoms with Crippen molar-refractivity contribution in [3.63, 3.8) is 0 Å². The van der Waals surface area contributed by atoms with Gasteiger partial charge in [0.05, 0.1) is 23.7 Å². The summed E-state index contributed by atoms with van der Waals surface area (Å²) in [5.41, 5.74) is 11.4. The maximum Gasteiger partial charge on any atom is 0.320 e. The van der Waals surface area contributed by atoms with Gasteiger partial charge in [0, 0.05) is 36.8 Å². The molecular weight excluding hydrogens is 634 g/mol. The molecule has 47 heavy (non-hydrogen) atoms. The van der Waals surface area contributed by atoms with E-state index in [0.717, 1.165) is 0 Å². The van der Waals surface area contributed by atoms with Crippen LogP contribution in [-0.4, -0.2) is 123 Å². The van der Waals surface area contributed by atoms with E-state index in [9.17, 15) is 29.7 Å². The third kappa shape index (κ3) is 6.35. The third-order valence-electron chi connectivity index (χ3n) is 8.62. The quantitative estimate of drug-likeness (QED) is 0.127. The van der Waals surface area contributed by atoms with E-state index in [1.54, 1.807) is 24.5 Å². The van der Waals surface area contributed by atoms with Crippen molar-refractivity contribution >= 4 is 63.7 Å². The van der Waals surface area contributed by atoms with Crippen LogP contribution in [-0.2, 0) is 14.3 Å². The molecule has 0 aromatic carbocycles. The van der Waals surface area contributed by atoms with Gasteiger partial charge in [0.2, 0.25) is 5.95 Å². The molecule has 6 heterocycles. The van der Waals surface area contributed by atoms with Crippen molar-refractivity contribution in [2.75, 3.05) is 41.4 Å². The fraction of sp³-hybridized carbons (Fsp3) is 0.536. The summed E-state index contributed by atoms with van der Waals surface area (Å²) in [6, 6.07) is 0.357. The molecule has 0 aliphatic carbocycles. The number of thioether (sulfide) groups is 1. The zero-order valence-corrected chi connectivity index (χ0v) is 26.5. The molecule has 6 atom stereocenters. The highest BCUT2D eigenvalue weighted by atomic mass is 32.2. The molecule has 3 aromatic heterocycles. The predicted octanol–water partition coefficient (Wildman–Crippen LogP) is -0.958. The van der Waals surface area contributed by atoms with Gasteiger partial charge in [-0.15, -0.1) is 0 Å². The van der Waals surface area contributed by atoms with Crippen molar-refractivity contribution in [2.45, 2.75) is 68.9 Å². The molecule has 3 aliphatic rings. The van der Waals surface area contributed by atoms with E-state index in [1.807, 2.05) is 4.90 Å². The van der Waals surface area contributed by atoms with Gasteiger partial charge < -0.3 is 42.2 Å². The molecule has 1 amide bonds. The maximum absolute atomic E-state index is 13.3. The summed E-state index contributed by atoms with van der Waals surface area (Å²) in [7, 11) is 0. The predicted molar refractivity (Wildman–Crippen MR) is 173 cm³/mol. The number of nitrogens with zero attached hydrogens (tertiary/aromatic N) is 6. The molecule has 0 bridgehead atoms. The minimum atomic E-state index is -1.21. The Kier molecular flexibility index (Phi) is 8.83. The minimum absolute atomic E-state index is 0.0580. The number of piperidine rings is 1. The minimum Gasteiger partial charge on any atom is -0.480 e. The number of fused-ring (bicyclic) bond motifs is 2. The van der Waals surface area contributed by atoms with Crippen LogP contribution in [0.3, 0.4) is 0 Å². The molecule has 3 aromatic rings. The Morgan fingerprint density at radius 2 is 2.02 bits per heavy atom. The lowest BCUT2D eigenvalue weighted by Crippen LogP contribution is -2.57. The van der Waals surface area contributed by atoms with E-state index in [2.05, 4.69) is 35.6 Å². The number of nitrogens with one attached hydrogen (secondary N) is 3. The van der Waals surface area contributed by atoms with Crippen LogP contribution in [0.25, 0.3) is 11.2 Å². The maximum atomic E-state index is 13.3. The number of aromatic amines is 1. The number of nitrogens with two attached hydrogens (primary N) is 2. The molecular formula is C28H37N11O7S. The number of pyridine rings is 1. The summed E-state index contributed by atoms with van der Waals surface area (Å²) in [5.74, 6) is -0.515. The second-order valence-corrected chi connectivity index (χ2v) is 13.4. The second-order valence-electron chi connectivity index (χ2n) is 12.3. The first-order valence-electron chi connectivity index (χ1n) is 15.0. The topological polar surface area (TPSA) is 272 Å². The number of amides is 1. The number of carbonyl (C=O) groups is 2. The number of aliphatic imine (C=N–C) groups is 1. The van der Waals surface area contributed by atoms with Crippen LogP contribution >= 0.6 is 11.8 Å². The van der Waals surface area contributed by atoms with Crippen LogP contribution in [0.1, 0.15) is 32.9 Å². The molecule has 252 valence electrons. The number of hydrogen-bond acceptors (Lipinski definition) is 15. The van der Waals surface area contributed by atoms with Crippen LogP contribution in [0.15, 0.2) is 28.4 Å². The lowest BCUT2D eigenvalue weighted by Gasteiger charge is -2.38. The van der Waals surface area contributed by atoms with Gasteiger partial charge in [-0.3, -0.25) is 28.8 Å². The molecule has 6 rings (SSSR count). The van der Waals surface area contributed by atoms with E-state index in [0.29, 0.717) is 47.9 Å². The number of carbonyl (C=O) groups excluding carboxylic acids is 1. The van der Waals surface area contributed by atoms with Crippen molar-refractivity contribution in [1.29, 1.82) is 0 Å². The van der Waals surface area contributed by atoms with E-state index in [-0.39, 0.29) is 29.6 Å². The summed E-state index contributed by atoms with van der Waals surface area (Å²) >= 11 is 1.47. The Morgan fingerprint density at radius 3 is 2.79 bits per heavy atom. The van der Waals surface area contributed by atoms with Gasteiger partial charge in [-0.1, -0.05) is 0 Å². The van der Waals surface area contributed by atoms with E-state index < -0.39 is 59.6 Å². The Hall–Kier alpha value is -4.30. The van der Waals surface area contributed by atoms with Crippen LogP contribution in [0.4, 0.5) is 23.1 Å². The number of aliphatic carboxylic acids is 1. The molecule has 18 nitrogen and oxygen atoms in total. The summed E-state index contributed by atoms with van der Waals surface area (Å²) in [5, 5.41) is 37.4. The first kappa shape index (κ1) is 32.6. The van der Waals surface area contributed by atoms with Crippen molar-refractivity contribution in [3.05, 3.63) is 28.9 Å². The highest BCUT2D eigenvalue weighted by Gasteiger charge is 2.44. The van der Waals surface area contributed by atoms with Crippen molar-refractivity contribution < 1.29 is 29.6 Å². The van der Waals surface area contributed by atoms with Crippen molar-refractivity contribution in [2.24, 2.45) is 4.99 Å². The van der Waals surface area contributed by atoms with Gasteiger partial charge in [0.15, 0.2) is 23.4 Å². The first-order chi connectivity index (χ1) is 22.3. The van der Waals surface area contributed by atoms with Crippen LogP contribution in [0.5, 0.6) is 0 Å². The summed E-state index contributed by atoms with van der Waals surface area (Å²) in [6.07, 6.45) is -0.241. The number of rotatable bonds is 9. The van der Waals surface area contributed by atoms with Gasteiger partial charge in [-0.2, -0.15) is 16.7 Å². The van der Waals surface area contributed by atoms with E-state index in [4.69, 9.17) is 16.2 Å². The number of carboxylic acid groups (broad SMARTS) is 1. The zero-order chi connectivity index (χ0) is 33.6. The largest absolute Gasteiger partial charge is 0.480 e. The van der Waals surface area contributed by atoms with Gasteiger partial charge in [-0.25, -0.2) is 15.0 Å². The molecule has 3 aliphatic heterocycles. The average molecular weight is 672 g/mol. The number of aliphatic hydroxyl groups is 2. The Balaban J connectivity index is 1.02. The third-order valence-corrected chi connectivity index (χ3v) is 9.65. The lowest BCUT2D eigenvalue weighted by molar-refractivity contribution is -0.145. The SMILES string of the molecule is CC1(C)Nc2nc(N)[nH]c(=O)c2N=C1C(=O)NC1CCN(CCSC[C@H]2O[C@@H](n3cnc4c(N)ccnc43)[C@@H](O)C2O)C(C(=O)O)C1. The molecule has 10 N–H and O–H groups in total. The number of anilines is 3. The Labute approximate surface area is 272 Å². The monoisotopic (exact) mass is 671 g/mol. The fourth-order valence-corrected chi connectivity index (χ4v) is 7.20. The number of aromatic nitrogens is 5.